The fourth-order valence-electron chi connectivity index (χ4n) is 1.62. The molecule has 1 heterocycles. The highest BCUT2D eigenvalue weighted by atomic mass is 32.1. The average molecular weight is 198 g/mol. The summed E-state index contributed by atoms with van der Waals surface area (Å²) in [6.45, 7) is 7.19. The summed E-state index contributed by atoms with van der Waals surface area (Å²) in [4.78, 5) is 2.39. The smallest absolute Gasteiger partial charge is 0.0478 e. The van der Waals surface area contributed by atoms with Crippen molar-refractivity contribution in [2.75, 3.05) is 19.6 Å². The van der Waals surface area contributed by atoms with E-state index in [0.717, 1.165) is 13.1 Å². The molecule has 0 radical (unpaired) electrons. The molecule has 1 atom stereocenters. The first-order chi connectivity index (χ1) is 6.33. The maximum atomic E-state index is 5.78. The second kappa shape index (κ2) is 5.37. The number of thiophene rings is 1. The van der Waals surface area contributed by atoms with Crippen LogP contribution in [0.25, 0.3) is 0 Å². The van der Waals surface area contributed by atoms with Crippen LogP contribution in [-0.2, 0) is 0 Å². The highest BCUT2D eigenvalue weighted by Gasteiger charge is 2.15. The standard InChI is InChI=1S/C10H18N2S/c1-3-12(4-2)10(7-11)9-5-6-13-8-9/h5-6,8,10H,3-4,7,11H2,1-2H3. The molecule has 0 aliphatic carbocycles. The van der Waals surface area contributed by atoms with Crippen molar-refractivity contribution in [2.24, 2.45) is 5.73 Å². The van der Waals surface area contributed by atoms with Gasteiger partial charge in [0.05, 0.1) is 0 Å². The van der Waals surface area contributed by atoms with Crippen LogP contribution in [0.3, 0.4) is 0 Å². The zero-order valence-corrected chi connectivity index (χ0v) is 9.18. The second-order valence-corrected chi connectivity index (χ2v) is 3.81. The third kappa shape index (κ3) is 2.53. The first-order valence-corrected chi connectivity index (χ1v) is 5.73. The van der Waals surface area contributed by atoms with E-state index in [-0.39, 0.29) is 0 Å². The van der Waals surface area contributed by atoms with E-state index in [0.29, 0.717) is 12.6 Å². The van der Waals surface area contributed by atoms with Gasteiger partial charge in [-0.1, -0.05) is 13.8 Å². The predicted molar refractivity (Wildman–Crippen MR) is 59.0 cm³/mol. The highest BCUT2D eigenvalue weighted by molar-refractivity contribution is 7.07. The summed E-state index contributed by atoms with van der Waals surface area (Å²) in [5, 5.41) is 4.30. The first kappa shape index (κ1) is 10.7. The molecule has 0 aromatic carbocycles. The van der Waals surface area contributed by atoms with Crippen molar-refractivity contribution in [1.82, 2.24) is 4.90 Å². The van der Waals surface area contributed by atoms with E-state index < -0.39 is 0 Å². The highest BCUT2D eigenvalue weighted by Crippen LogP contribution is 2.21. The van der Waals surface area contributed by atoms with Crippen LogP contribution in [0.4, 0.5) is 0 Å². The molecule has 0 fully saturated rings. The monoisotopic (exact) mass is 198 g/mol. The molecule has 1 aromatic rings. The summed E-state index contributed by atoms with van der Waals surface area (Å²) >= 11 is 1.74. The SMILES string of the molecule is CCN(CC)C(CN)c1ccsc1. The minimum Gasteiger partial charge on any atom is -0.329 e. The van der Waals surface area contributed by atoms with Crippen molar-refractivity contribution in [3.63, 3.8) is 0 Å². The number of nitrogens with two attached hydrogens (primary N) is 1. The molecule has 1 aromatic heterocycles. The lowest BCUT2D eigenvalue weighted by molar-refractivity contribution is 0.224. The normalized spacial score (nSPS) is 13.5. The van der Waals surface area contributed by atoms with E-state index in [1.54, 1.807) is 11.3 Å². The van der Waals surface area contributed by atoms with Crippen molar-refractivity contribution in [3.05, 3.63) is 22.4 Å². The third-order valence-corrected chi connectivity index (χ3v) is 3.11. The average Bonchev–Trinajstić information content (AvgIpc) is 2.66. The lowest BCUT2D eigenvalue weighted by Gasteiger charge is -2.27. The van der Waals surface area contributed by atoms with Gasteiger partial charge in [-0.15, -0.1) is 0 Å². The molecular formula is C10H18N2S. The van der Waals surface area contributed by atoms with Crippen molar-refractivity contribution in [2.45, 2.75) is 19.9 Å². The van der Waals surface area contributed by atoms with Crippen LogP contribution in [0.15, 0.2) is 16.8 Å². The van der Waals surface area contributed by atoms with E-state index in [1.165, 1.54) is 5.56 Å². The number of nitrogens with zero attached hydrogens (tertiary/aromatic N) is 1. The molecular weight excluding hydrogens is 180 g/mol. The second-order valence-electron chi connectivity index (χ2n) is 3.03. The van der Waals surface area contributed by atoms with Crippen LogP contribution in [0.2, 0.25) is 0 Å². The van der Waals surface area contributed by atoms with Gasteiger partial charge < -0.3 is 5.73 Å². The molecule has 1 unspecified atom stereocenters. The molecule has 0 saturated carbocycles. The Kier molecular flexibility index (Phi) is 4.42. The van der Waals surface area contributed by atoms with Crippen LogP contribution in [0.5, 0.6) is 0 Å². The number of rotatable bonds is 5. The van der Waals surface area contributed by atoms with Crippen LogP contribution in [0, 0.1) is 0 Å². The molecule has 0 spiro atoms. The van der Waals surface area contributed by atoms with E-state index in [9.17, 15) is 0 Å². The lowest BCUT2D eigenvalue weighted by Crippen LogP contribution is -2.33. The number of hydrogen-bond acceptors (Lipinski definition) is 3. The van der Waals surface area contributed by atoms with Crippen LogP contribution >= 0.6 is 11.3 Å². The van der Waals surface area contributed by atoms with Gasteiger partial charge in [-0.25, -0.2) is 0 Å². The van der Waals surface area contributed by atoms with Gasteiger partial charge in [-0.2, -0.15) is 11.3 Å². The van der Waals surface area contributed by atoms with Gasteiger partial charge in [0.15, 0.2) is 0 Å². The summed E-state index contributed by atoms with van der Waals surface area (Å²) < 4.78 is 0. The van der Waals surface area contributed by atoms with Gasteiger partial charge in [0.1, 0.15) is 0 Å². The Morgan fingerprint density at radius 2 is 2.15 bits per heavy atom. The fraction of sp³-hybridized carbons (Fsp3) is 0.600. The van der Waals surface area contributed by atoms with Crippen molar-refractivity contribution in [3.8, 4) is 0 Å². The molecule has 3 heteroatoms. The summed E-state index contributed by atoms with van der Waals surface area (Å²) in [7, 11) is 0. The fourth-order valence-corrected chi connectivity index (χ4v) is 2.33. The molecule has 1 rings (SSSR count). The predicted octanol–water partition coefficient (Wildman–Crippen LogP) is 2.09. The Hall–Kier alpha value is -0.380. The summed E-state index contributed by atoms with van der Waals surface area (Å²) in [6, 6.07) is 2.57. The zero-order valence-electron chi connectivity index (χ0n) is 8.36. The van der Waals surface area contributed by atoms with Crippen LogP contribution < -0.4 is 5.73 Å². The molecule has 2 N–H and O–H groups in total. The van der Waals surface area contributed by atoms with Gasteiger partial charge in [0, 0.05) is 12.6 Å². The zero-order chi connectivity index (χ0) is 9.68. The van der Waals surface area contributed by atoms with Crippen molar-refractivity contribution >= 4 is 11.3 Å². The van der Waals surface area contributed by atoms with E-state index in [2.05, 4.69) is 35.6 Å². The Balaban J connectivity index is 2.72. The maximum absolute atomic E-state index is 5.78. The van der Waals surface area contributed by atoms with Gasteiger partial charge in [-0.3, -0.25) is 4.90 Å². The first-order valence-electron chi connectivity index (χ1n) is 4.79. The van der Waals surface area contributed by atoms with Crippen LogP contribution in [-0.4, -0.2) is 24.5 Å². The quantitative estimate of drug-likeness (QED) is 0.785. The lowest BCUT2D eigenvalue weighted by atomic mass is 10.1. The van der Waals surface area contributed by atoms with Crippen molar-refractivity contribution < 1.29 is 0 Å². The molecule has 0 amide bonds. The third-order valence-electron chi connectivity index (χ3n) is 2.40. The minimum absolute atomic E-state index is 0.404. The largest absolute Gasteiger partial charge is 0.329 e. The molecule has 13 heavy (non-hydrogen) atoms. The van der Waals surface area contributed by atoms with Gasteiger partial charge >= 0.3 is 0 Å². The molecule has 2 nitrogen and oxygen atoms in total. The Bertz CT molecular complexity index is 217. The van der Waals surface area contributed by atoms with E-state index >= 15 is 0 Å². The number of hydrogen-bond donors (Lipinski definition) is 1. The van der Waals surface area contributed by atoms with Gasteiger partial charge in [0.2, 0.25) is 0 Å². The summed E-state index contributed by atoms with van der Waals surface area (Å²) in [5.41, 5.74) is 7.14. The Morgan fingerprint density at radius 1 is 1.46 bits per heavy atom. The van der Waals surface area contributed by atoms with E-state index in [4.69, 9.17) is 5.73 Å². The van der Waals surface area contributed by atoms with Gasteiger partial charge in [0.25, 0.3) is 0 Å². The minimum atomic E-state index is 0.404. The molecule has 0 aliphatic rings. The molecule has 74 valence electrons. The van der Waals surface area contributed by atoms with Crippen LogP contribution in [0.1, 0.15) is 25.5 Å². The Labute approximate surface area is 84.4 Å². The number of likely N-dealkylation sites (N-methyl/N-ethyl adjacent to an activating group) is 1. The molecule has 0 saturated heterocycles. The summed E-state index contributed by atoms with van der Waals surface area (Å²) in [5.74, 6) is 0. The van der Waals surface area contributed by atoms with Gasteiger partial charge in [-0.05, 0) is 35.5 Å². The summed E-state index contributed by atoms with van der Waals surface area (Å²) in [6.07, 6.45) is 0. The topological polar surface area (TPSA) is 29.3 Å². The van der Waals surface area contributed by atoms with E-state index in [1.807, 2.05) is 0 Å². The van der Waals surface area contributed by atoms with Crippen molar-refractivity contribution in [1.29, 1.82) is 0 Å². The maximum Gasteiger partial charge on any atom is 0.0478 e. The molecule has 0 aliphatic heterocycles. The molecule has 0 bridgehead atoms. The Morgan fingerprint density at radius 3 is 2.54 bits per heavy atom.